The number of rotatable bonds is 6. The normalized spacial score (nSPS) is 11.1. The van der Waals surface area contributed by atoms with E-state index >= 15 is 0 Å². The van der Waals surface area contributed by atoms with Gasteiger partial charge in [0, 0.05) is 17.8 Å². The minimum Gasteiger partial charge on any atom is -0.379 e. The molecule has 0 aromatic heterocycles. The van der Waals surface area contributed by atoms with Gasteiger partial charge in [0.05, 0.1) is 10.6 Å². The molecule has 0 unspecified atom stereocenters. The van der Waals surface area contributed by atoms with Crippen LogP contribution in [0, 0.1) is 6.92 Å². The number of carbonyl (C=O) groups excluding carboxylic acids is 1. The number of hydrogen-bond donors (Lipinski definition) is 2. The van der Waals surface area contributed by atoms with Gasteiger partial charge in [-0.1, -0.05) is 30.7 Å². The second-order valence-corrected chi connectivity index (χ2v) is 5.86. The zero-order chi connectivity index (χ0) is 15.3. The molecule has 1 aromatic carbocycles. The molecule has 4 heteroatoms. The summed E-state index contributed by atoms with van der Waals surface area (Å²) in [5, 5.41) is 6.66. The van der Waals surface area contributed by atoms with E-state index in [0.29, 0.717) is 17.1 Å². The molecule has 0 saturated carbocycles. The quantitative estimate of drug-likeness (QED) is 0.773. The van der Waals surface area contributed by atoms with Crippen molar-refractivity contribution in [2.75, 3.05) is 11.9 Å². The molecule has 0 bridgehead atoms. The van der Waals surface area contributed by atoms with E-state index in [1.165, 1.54) is 0 Å². The molecular weight excluding hydrogens is 272 g/mol. The molecule has 0 heterocycles. The van der Waals surface area contributed by atoms with Crippen LogP contribution >= 0.6 is 11.6 Å². The van der Waals surface area contributed by atoms with Crippen molar-refractivity contribution in [2.45, 2.75) is 39.7 Å². The lowest BCUT2D eigenvalue weighted by molar-refractivity contribution is 0.0959. The van der Waals surface area contributed by atoms with Crippen molar-refractivity contribution in [1.82, 2.24) is 5.32 Å². The zero-order valence-electron chi connectivity index (χ0n) is 12.6. The first-order valence-corrected chi connectivity index (χ1v) is 7.16. The number of carbonyl (C=O) groups is 1. The number of amides is 1. The van der Waals surface area contributed by atoms with E-state index in [1.807, 2.05) is 19.1 Å². The lowest BCUT2D eigenvalue weighted by Crippen LogP contribution is -2.32. The minimum atomic E-state index is -0.187. The predicted octanol–water partition coefficient (Wildman–Crippen LogP) is 4.16. The number of halogens is 1. The Morgan fingerprint density at radius 1 is 1.45 bits per heavy atom. The van der Waals surface area contributed by atoms with E-state index < -0.39 is 0 Å². The summed E-state index contributed by atoms with van der Waals surface area (Å²) in [6.45, 7) is 12.2. The van der Waals surface area contributed by atoms with Crippen LogP contribution in [0.5, 0.6) is 0 Å². The molecule has 1 aromatic rings. The van der Waals surface area contributed by atoms with Crippen molar-refractivity contribution in [2.24, 2.45) is 0 Å². The maximum Gasteiger partial charge on any atom is 0.255 e. The molecule has 3 nitrogen and oxygen atoms in total. The first kappa shape index (κ1) is 16.6. The third-order valence-electron chi connectivity index (χ3n) is 3.33. The van der Waals surface area contributed by atoms with Gasteiger partial charge in [-0.2, -0.15) is 0 Å². The monoisotopic (exact) mass is 294 g/mol. The lowest BCUT2D eigenvalue weighted by Gasteiger charge is -2.27. The Labute approximate surface area is 126 Å². The van der Waals surface area contributed by atoms with Gasteiger partial charge in [-0.3, -0.25) is 4.79 Å². The maximum absolute atomic E-state index is 12.3. The average molecular weight is 295 g/mol. The van der Waals surface area contributed by atoms with Crippen molar-refractivity contribution in [3.05, 3.63) is 40.9 Å². The van der Waals surface area contributed by atoms with Crippen LogP contribution in [0.15, 0.2) is 24.8 Å². The number of aryl methyl sites for hydroxylation is 1. The maximum atomic E-state index is 12.3. The topological polar surface area (TPSA) is 41.1 Å². The predicted molar refractivity (Wildman–Crippen MR) is 86.7 cm³/mol. The fraction of sp³-hybridized carbons (Fsp3) is 0.438. The summed E-state index contributed by atoms with van der Waals surface area (Å²) in [6.07, 6.45) is 2.58. The van der Waals surface area contributed by atoms with E-state index in [9.17, 15) is 4.79 Å². The molecule has 0 spiro atoms. The van der Waals surface area contributed by atoms with Crippen molar-refractivity contribution in [1.29, 1.82) is 0 Å². The summed E-state index contributed by atoms with van der Waals surface area (Å²) in [5.41, 5.74) is 2.03. The molecule has 1 amide bonds. The fourth-order valence-corrected chi connectivity index (χ4v) is 1.96. The van der Waals surface area contributed by atoms with Crippen molar-refractivity contribution in [3.63, 3.8) is 0 Å². The Bertz CT molecular complexity index is 509. The highest BCUT2D eigenvalue weighted by Gasteiger charge is 2.21. The van der Waals surface area contributed by atoms with Gasteiger partial charge in [0.2, 0.25) is 0 Å². The molecule has 0 fully saturated rings. The Kier molecular flexibility index (Phi) is 5.63. The third-order valence-corrected chi connectivity index (χ3v) is 3.81. The van der Waals surface area contributed by atoms with Crippen LogP contribution in [0.3, 0.4) is 0 Å². The van der Waals surface area contributed by atoms with E-state index in [0.717, 1.165) is 17.7 Å². The molecule has 0 aliphatic heterocycles. The highest BCUT2D eigenvalue weighted by Crippen LogP contribution is 2.30. The van der Waals surface area contributed by atoms with E-state index in [4.69, 9.17) is 11.6 Å². The summed E-state index contributed by atoms with van der Waals surface area (Å²) in [7, 11) is 0. The summed E-state index contributed by atoms with van der Waals surface area (Å²) in [4.78, 5) is 12.3. The lowest BCUT2D eigenvalue weighted by atomic mass is 9.99. The first-order chi connectivity index (χ1) is 9.32. The molecule has 0 saturated heterocycles. The summed E-state index contributed by atoms with van der Waals surface area (Å²) in [6, 6.07) is 3.82. The van der Waals surface area contributed by atoms with Gasteiger partial charge in [-0.25, -0.2) is 0 Å². The minimum absolute atomic E-state index is 0.105. The first-order valence-electron chi connectivity index (χ1n) is 6.78. The molecule has 110 valence electrons. The molecule has 20 heavy (non-hydrogen) atoms. The van der Waals surface area contributed by atoms with E-state index in [2.05, 4.69) is 38.0 Å². The van der Waals surface area contributed by atoms with Gasteiger partial charge in [0.25, 0.3) is 5.91 Å². The Morgan fingerprint density at radius 3 is 2.65 bits per heavy atom. The third kappa shape index (κ3) is 4.01. The SMILES string of the molecule is C=CCNC(=O)c1c(NC(C)(C)CC)ccc(C)c1Cl. The molecule has 0 atom stereocenters. The summed E-state index contributed by atoms with van der Waals surface area (Å²) >= 11 is 6.32. The largest absolute Gasteiger partial charge is 0.379 e. The van der Waals surface area contributed by atoms with Crippen LogP contribution < -0.4 is 10.6 Å². The van der Waals surface area contributed by atoms with Crippen LogP contribution in [-0.2, 0) is 0 Å². The van der Waals surface area contributed by atoms with Crippen LogP contribution in [-0.4, -0.2) is 18.0 Å². The second kappa shape index (κ2) is 6.80. The molecule has 0 aliphatic carbocycles. The molecule has 1 rings (SSSR count). The van der Waals surface area contributed by atoms with Gasteiger partial charge < -0.3 is 10.6 Å². The van der Waals surface area contributed by atoms with Crippen LogP contribution in [0.25, 0.3) is 0 Å². The molecule has 2 N–H and O–H groups in total. The molecular formula is C16H23ClN2O. The summed E-state index contributed by atoms with van der Waals surface area (Å²) in [5.74, 6) is -0.187. The van der Waals surface area contributed by atoms with E-state index in [1.54, 1.807) is 6.08 Å². The van der Waals surface area contributed by atoms with Crippen LogP contribution in [0.1, 0.15) is 43.1 Å². The highest BCUT2D eigenvalue weighted by molar-refractivity contribution is 6.35. The number of benzene rings is 1. The van der Waals surface area contributed by atoms with Crippen molar-refractivity contribution < 1.29 is 4.79 Å². The van der Waals surface area contributed by atoms with Crippen LogP contribution in [0.2, 0.25) is 5.02 Å². The van der Waals surface area contributed by atoms with E-state index in [-0.39, 0.29) is 11.4 Å². The van der Waals surface area contributed by atoms with Gasteiger partial charge in [-0.15, -0.1) is 6.58 Å². The number of nitrogens with one attached hydrogen (secondary N) is 2. The summed E-state index contributed by atoms with van der Waals surface area (Å²) < 4.78 is 0. The highest BCUT2D eigenvalue weighted by atomic mass is 35.5. The average Bonchev–Trinajstić information content (AvgIpc) is 2.40. The Morgan fingerprint density at radius 2 is 2.10 bits per heavy atom. The number of hydrogen-bond acceptors (Lipinski definition) is 2. The van der Waals surface area contributed by atoms with Gasteiger partial charge >= 0.3 is 0 Å². The Hall–Kier alpha value is -1.48. The fourth-order valence-electron chi connectivity index (χ4n) is 1.71. The molecule has 0 aliphatic rings. The van der Waals surface area contributed by atoms with Gasteiger partial charge in [0.1, 0.15) is 0 Å². The van der Waals surface area contributed by atoms with Crippen LogP contribution in [0.4, 0.5) is 5.69 Å². The second-order valence-electron chi connectivity index (χ2n) is 5.48. The zero-order valence-corrected chi connectivity index (χ0v) is 13.4. The standard InChI is InChI=1S/C16H23ClN2O/c1-6-10-18-15(20)13-12(19-16(4,5)7-2)9-8-11(3)14(13)17/h6,8-9,19H,1,7,10H2,2-5H3,(H,18,20). The van der Waals surface area contributed by atoms with Crippen molar-refractivity contribution >= 4 is 23.2 Å². The van der Waals surface area contributed by atoms with Gasteiger partial charge in [-0.05, 0) is 38.8 Å². The smallest absolute Gasteiger partial charge is 0.255 e. The molecule has 0 radical (unpaired) electrons. The van der Waals surface area contributed by atoms with Crippen molar-refractivity contribution in [3.8, 4) is 0 Å². The van der Waals surface area contributed by atoms with Gasteiger partial charge in [0.15, 0.2) is 0 Å². The number of anilines is 1. The Balaban J connectivity index is 3.20.